The number of aromatic nitrogens is 1. The lowest BCUT2D eigenvalue weighted by Gasteiger charge is -2.12. The topological polar surface area (TPSA) is 17.0 Å². The number of aryl methyl sites for hydroxylation is 1. The van der Waals surface area contributed by atoms with Gasteiger partial charge >= 0.3 is 0 Å². The highest BCUT2D eigenvalue weighted by Crippen LogP contribution is 2.40. The molecule has 2 heterocycles. The van der Waals surface area contributed by atoms with Crippen molar-refractivity contribution in [2.45, 2.75) is 51.6 Å². The van der Waals surface area contributed by atoms with Crippen molar-refractivity contribution in [3.8, 4) is 0 Å². The van der Waals surface area contributed by atoms with Crippen LogP contribution in [0.25, 0.3) is 0 Å². The predicted octanol–water partition coefficient (Wildman–Crippen LogP) is 2.86. The van der Waals surface area contributed by atoms with Gasteiger partial charge in [-0.15, -0.1) is 0 Å². The Morgan fingerprint density at radius 2 is 2.07 bits per heavy atom. The molecule has 82 valence electrons. The fraction of sp³-hybridized carbons (Fsp3) is 0.692. The second-order valence-electron chi connectivity index (χ2n) is 5.08. The second kappa shape index (κ2) is 3.38. The van der Waals surface area contributed by atoms with Crippen molar-refractivity contribution in [3.05, 3.63) is 23.0 Å². The quantitative estimate of drug-likeness (QED) is 0.784. The maximum Gasteiger partial charge on any atom is 0.0338 e. The minimum Gasteiger partial charge on any atom is -0.346 e. The van der Waals surface area contributed by atoms with Gasteiger partial charge in [-0.25, -0.2) is 0 Å². The number of hydrogen-bond donors (Lipinski definition) is 1. The first-order valence-corrected chi connectivity index (χ1v) is 6.19. The first-order valence-electron chi connectivity index (χ1n) is 6.19. The van der Waals surface area contributed by atoms with Crippen LogP contribution in [0.15, 0.2) is 6.07 Å². The Hall–Kier alpha value is -0.760. The summed E-state index contributed by atoms with van der Waals surface area (Å²) in [6, 6.07) is 3.85. The molecule has 1 N–H and O–H groups in total. The summed E-state index contributed by atoms with van der Waals surface area (Å²) in [5.74, 6) is 0. The van der Waals surface area contributed by atoms with Crippen molar-refractivity contribution >= 4 is 0 Å². The molecule has 1 aromatic heterocycles. The molecule has 0 radical (unpaired) electrons. The van der Waals surface area contributed by atoms with Gasteiger partial charge < -0.3 is 9.88 Å². The van der Waals surface area contributed by atoms with Gasteiger partial charge in [-0.05, 0) is 57.7 Å². The SMILES string of the molecule is Cc1cc(C2CCCN2)c(C)n1C1CC1. The molecule has 2 aliphatic rings. The number of nitrogens with one attached hydrogen (secondary N) is 1. The van der Waals surface area contributed by atoms with Crippen LogP contribution in [0.2, 0.25) is 0 Å². The van der Waals surface area contributed by atoms with Gasteiger partial charge in [-0.1, -0.05) is 0 Å². The van der Waals surface area contributed by atoms with E-state index < -0.39 is 0 Å². The van der Waals surface area contributed by atoms with E-state index in [2.05, 4.69) is 29.8 Å². The van der Waals surface area contributed by atoms with Crippen molar-refractivity contribution in [2.24, 2.45) is 0 Å². The Morgan fingerprint density at radius 3 is 2.67 bits per heavy atom. The molecule has 0 bridgehead atoms. The van der Waals surface area contributed by atoms with E-state index in [-0.39, 0.29) is 0 Å². The van der Waals surface area contributed by atoms with Crippen LogP contribution in [0.5, 0.6) is 0 Å². The smallest absolute Gasteiger partial charge is 0.0338 e. The highest BCUT2D eigenvalue weighted by Gasteiger charge is 2.29. The molecule has 3 rings (SSSR count). The zero-order chi connectivity index (χ0) is 10.4. The van der Waals surface area contributed by atoms with E-state index in [1.807, 2.05) is 0 Å². The maximum absolute atomic E-state index is 3.60. The van der Waals surface area contributed by atoms with Gasteiger partial charge in [-0.3, -0.25) is 0 Å². The lowest BCUT2D eigenvalue weighted by atomic mass is 10.1. The van der Waals surface area contributed by atoms with E-state index in [9.17, 15) is 0 Å². The first-order chi connectivity index (χ1) is 7.27. The van der Waals surface area contributed by atoms with Crippen LogP contribution in [-0.4, -0.2) is 11.1 Å². The van der Waals surface area contributed by atoms with Crippen molar-refractivity contribution in [1.82, 2.24) is 9.88 Å². The van der Waals surface area contributed by atoms with E-state index in [1.54, 1.807) is 5.56 Å². The Morgan fingerprint density at radius 1 is 1.27 bits per heavy atom. The molecule has 0 aromatic carbocycles. The molecule has 1 aliphatic carbocycles. The Labute approximate surface area is 91.7 Å². The molecule has 1 atom stereocenters. The van der Waals surface area contributed by atoms with Gasteiger partial charge in [0, 0.05) is 23.5 Å². The molecule has 1 unspecified atom stereocenters. The molecule has 0 amide bonds. The summed E-state index contributed by atoms with van der Waals surface area (Å²) in [7, 11) is 0. The molecule has 15 heavy (non-hydrogen) atoms. The van der Waals surface area contributed by atoms with Crippen LogP contribution in [0, 0.1) is 13.8 Å². The standard InChI is InChI=1S/C13H20N2/c1-9-8-12(13-4-3-7-14-13)10(2)15(9)11-5-6-11/h8,11,13-14H,3-7H2,1-2H3. The number of hydrogen-bond acceptors (Lipinski definition) is 1. The van der Waals surface area contributed by atoms with Crippen LogP contribution in [0.4, 0.5) is 0 Å². The molecular formula is C13H20N2. The molecule has 2 fully saturated rings. The summed E-state index contributed by atoms with van der Waals surface area (Å²) in [5.41, 5.74) is 4.52. The summed E-state index contributed by atoms with van der Waals surface area (Å²) < 4.78 is 2.55. The fourth-order valence-corrected chi connectivity index (χ4v) is 3.00. The number of rotatable bonds is 2. The summed E-state index contributed by atoms with van der Waals surface area (Å²) >= 11 is 0. The lowest BCUT2D eigenvalue weighted by Crippen LogP contribution is -2.13. The van der Waals surface area contributed by atoms with Gasteiger partial charge in [0.2, 0.25) is 0 Å². The van der Waals surface area contributed by atoms with Gasteiger partial charge in [0.25, 0.3) is 0 Å². The van der Waals surface area contributed by atoms with Crippen molar-refractivity contribution in [1.29, 1.82) is 0 Å². The molecule has 1 aliphatic heterocycles. The third-order valence-electron chi connectivity index (χ3n) is 3.87. The lowest BCUT2D eigenvalue weighted by molar-refractivity contribution is 0.630. The van der Waals surface area contributed by atoms with Gasteiger partial charge in [0.05, 0.1) is 0 Å². The van der Waals surface area contributed by atoms with Crippen LogP contribution < -0.4 is 5.32 Å². The summed E-state index contributed by atoms with van der Waals surface area (Å²) in [6.45, 7) is 5.74. The average Bonchev–Trinajstić information content (AvgIpc) is 2.79. The molecule has 1 aromatic rings. The number of nitrogens with zero attached hydrogens (tertiary/aromatic N) is 1. The van der Waals surface area contributed by atoms with E-state index >= 15 is 0 Å². The Balaban J connectivity index is 1.97. The molecule has 2 nitrogen and oxygen atoms in total. The zero-order valence-electron chi connectivity index (χ0n) is 9.71. The molecule has 1 saturated carbocycles. The highest BCUT2D eigenvalue weighted by molar-refractivity contribution is 5.31. The van der Waals surface area contributed by atoms with Crippen LogP contribution in [-0.2, 0) is 0 Å². The van der Waals surface area contributed by atoms with Gasteiger partial charge in [0.1, 0.15) is 0 Å². The zero-order valence-corrected chi connectivity index (χ0v) is 9.71. The van der Waals surface area contributed by atoms with Crippen LogP contribution in [0.3, 0.4) is 0 Å². The van der Waals surface area contributed by atoms with E-state index in [4.69, 9.17) is 0 Å². The Kier molecular flexibility index (Phi) is 2.13. The highest BCUT2D eigenvalue weighted by atomic mass is 15.1. The van der Waals surface area contributed by atoms with Crippen molar-refractivity contribution in [2.75, 3.05) is 6.54 Å². The molecule has 0 spiro atoms. The van der Waals surface area contributed by atoms with Crippen LogP contribution in [0.1, 0.15) is 54.7 Å². The largest absolute Gasteiger partial charge is 0.346 e. The Bertz CT molecular complexity index is 368. The average molecular weight is 204 g/mol. The minimum absolute atomic E-state index is 0.628. The summed E-state index contributed by atoms with van der Waals surface area (Å²) in [5, 5.41) is 3.60. The van der Waals surface area contributed by atoms with Gasteiger partial charge in [0.15, 0.2) is 0 Å². The monoisotopic (exact) mass is 204 g/mol. The molecule has 2 heteroatoms. The summed E-state index contributed by atoms with van der Waals surface area (Å²) in [4.78, 5) is 0. The normalized spacial score (nSPS) is 26.1. The van der Waals surface area contributed by atoms with E-state index in [0.29, 0.717) is 6.04 Å². The minimum atomic E-state index is 0.628. The van der Waals surface area contributed by atoms with Crippen molar-refractivity contribution in [3.63, 3.8) is 0 Å². The fourth-order valence-electron chi connectivity index (χ4n) is 3.00. The van der Waals surface area contributed by atoms with E-state index in [1.165, 1.54) is 43.6 Å². The molecular weight excluding hydrogens is 184 g/mol. The first kappa shape index (κ1) is 9.46. The van der Waals surface area contributed by atoms with E-state index in [0.717, 1.165) is 6.04 Å². The summed E-state index contributed by atoms with van der Waals surface area (Å²) in [6.07, 6.45) is 5.41. The second-order valence-corrected chi connectivity index (χ2v) is 5.08. The third kappa shape index (κ3) is 1.51. The van der Waals surface area contributed by atoms with Crippen molar-refractivity contribution < 1.29 is 0 Å². The predicted molar refractivity (Wildman–Crippen MR) is 62.2 cm³/mol. The van der Waals surface area contributed by atoms with Gasteiger partial charge in [-0.2, -0.15) is 0 Å². The maximum atomic E-state index is 3.60. The van der Waals surface area contributed by atoms with Crippen LogP contribution >= 0.6 is 0 Å². The molecule has 1 saturated heterocycles. The third-order valence-corrected chi connectivity index (χ3v) is 3.87.